The Balaban J connectivity index is 1.70. The zero-order valence-electron chi connectivity index (χ0n) is 22.0. The van der Waals surface area contributed by atoms with Crippen molar-refractivity contribution in [3.63, 3.8) is 0 Å². The lowest BCUT2D eigenvalue weighted by atomic mass is 9.75. The molecule has 2 aliphatic rings. The number of carbonyl (C=O) groups excluding carboxylic acids is 3. The maximum Gasteiger partial charge on any atom is 0.329 e. The quantitative estimate of drug-likeness (QED) is 0.270. The summed E-state index contributed by atoms with van der Waals surface area (Å²) in [5.74, 6) is -4.48. The van der Waals surface area contributed by atoms with Crippen LogP contribution in [0.5, 0.6) is 5.75 Å². The van der Waals surface area contributed by atoms with E-state index in [1.165, 1.54) is 11.8 Å². The number of rotatable bonds is 7. The van der Waals surface area contributed by atoms with Crippen molar-refractivity contribution >= 4 is 29.4 Å². The topological polar surface area (TPSA) is 113 Å². The summed E-state index contributed by atoms with van der Waals surface area (Å²) in [6, 6.07) is 20.0. The summed E-state index contributed by atoms with van der Waals surface area (Å²) in [4.78, 5) is 54.4. The largest absolute Gasteiger partial charge is 0.480 e. The molecule has 4 unspecified atom stereocenters. The summed E-state index contributed by atoms with van der Waals surface area (Å²) in [5.41, 5.74) is 1.44. The number of hydrogen-bond acceptors (Lipinski definition) is 6. The molecule has 0 aliphatic carbocycles. The fraction of sp³-hybridized carbons (Fsp3) is 0.290. The van der Waals surface area contributed by atoms with E-state index in [9.17, 15) is 24.3 Å². The van der Waals surface area contributed by atoms with Crippen LogP contribution >= 0.6 is 0 Å². The summed E-state index contributed by atoms with van der Waals surface area (Å²) in [6.45, 7) is 5.23. The number of carboxylic acid groups (broad SMARTS) is 1. The SMILES string of the molecule is CCc1cccc(CC)c1N1C(=O)C2C(c3ccc(OC(C)=O)cc3)NC(C(=O)O)(c3ccccc3)C2C1=O. The van der Waals surface area contributed by atoms with Crippen LogP contribution in [0, 0.1) is 11.8 Å². The maximum atomic E-state index is 14.3. The number of carboxylic acids is 1. The summed E-state index contributed by atoms with van der Waals surface area (Å²) < 4.78 is 5.15. The van der Waals surface area contributed by atoms with Crippen LogP contribution in [0.2, 0.25) is 0 Å². The molecule has 8 heteroatoms. The summed E-state index contributed by atoms with van der Waals surface area (Å²) in [6.07, 6.45) is 1.22. The first-order chi connectivity index (χ1) is 18.7. The summed E-state index contributed by atoms with van der Waals surface area (Å²) in [5, 5.41) is 13.9. The molecule has 2 N–H and O–H groups in total. The summed E-state index contributed by atoms with van der Waals surface area (Å²) >= 11 is 0. The average Bonchev–Trinajstić information content (AvgIpc) is 3.43. The van der Waals surface area contributed by atoms with Gasteiger partial charge < -0.3 is 9.84 Å². The highest BCUT2D eigenvalue weighted by Gasteiger charge is 2.69. The highest BCUT2D eigenvalue weighted by molar-refractivity contribution is 6.25. The Labute approximate surface area is 226 Å². The second kappa shape index (κ2) is 10.1. The molecule has 2 aliphatic heterocycles. The van der Waals surface area contributed by atoms with Crippen molar-refractivity contribution in [1.29, 1.82) is 0 Å². The predicted octanol–water partition coefficient (Wildman–Crippen LogP) is 4.17. The molecule has 0 aromatic heterocycles. The lowest BCUT2D eigenvalue weighted by Gasteiger charge is -2.32. The molecule has 5 rings (SSSR count). The molecule has 4 atom stereocenters. The number of carbonyl (C=O) groups is 4. The van der Waals surface area contributed by atoms with E-state index in [0.29, 0.717) is 35.4 Å². The lowest BCUT2D eigenvalue weighted by molar-refractivity contribution is -0.149. The van der Waals surface area contributed by atoms with E-state index < -0.39 is 47.2 Å². The zero-order valence-corrected chi connectivity index (χ0v) is 22.0. The number of aliphatic carboxylic acids is 1. The molecule has 3 aromatic carbocycles. The van der Waals surface area contributed by atoms with E-state index in [-0.39, 0.29) is 0 Å². The molecular formula is C31H30N2O6. The standard InChI is InChI=1S/C31H30N2O6/c1-4-19-10-9-11-20(5-2)27(19)33-28(35)24-25(29(33)36)31(30(37)38,22-12-7-6-8-13-22)32-26(24)21-14-16-23(17-15-21)39-18(3)34/h6-17,24-26,32H,4-5H2,1-3H3,(H,37,38). The van der Waals surface area contributed by atoms with Crippen LogP contribution < -0.4 is 15.0 Å². The predicted molar refractivity (Wildman–Crippen MR) is 144 cm³/mol. The molecule has 2 saturated heterocycles. The Morgan fingerprint density at radius 1 is 0.897 bits per heavy atom. The fourth-order valence-electron chi connectivity index (χ4n) is 6.11. The monoisotopic (exact) mass is 526 g/mol. The van der Waals surface area contributed by atoms with Crippen molar-refractivity contribution in [2.45, 2.75) is 45.2 Å². The molecule has 3 aromatic rings. The molecule has 0 radical (unpaired) electrons. The van der Waals surface area contributed by atoms with Crippen molar-refractivity contribution < 1.29 is 29.0 Å². The van der Waals surface area contributed by atoms with Crippen molar-refractivity contribution in [2.75, 3.05) is 4.90 Å². The first-order valence-corrected chi connectivity index (χ1v) is 13.1. The Hall–Kier alpha value is -4.30. The number of fused-ring (bicyclic) bond motifs is 1. The van der Waals surface area contributed by atoms with Gasteiger partial charge in [-0.05, 0) is 47.2 Å². The van der Waals surface area contributed by atoms with Crippen LogP contribution in [0.15, 0.2) is 72.8 Å². The molecule has 0 bridgehead atoms. The van der Waals surface area contributed by atoms with Crippen molar-refractivity contribution in [3.8, 4) is 5.75 Å². The van der Waals surface area contributed by atoms with Crippen LogP contribution in [0.4, 0.5) is 5.69 Å². The van der Waals surface area contributed by atoms with Gasteiger partial charge >= 0.3 is 11.9 Å². The molecule has 39 heavy (non-hydrogen) atoms. The van der Waals surface area contributed by atoms with Gasteiger partial charge in [-0.25, -0.2) is 9.69 Å². The van der Waals surface area contributed by atoms with Gasteiger partial charge in [0.2, 0.25) is 11.8 Å². The molecular weight excluding hydrogens is 496 g/mol. The highest BCUT2D eigenvalue weighted by Crippen LogP contribution is 2.54. The van der Waals surface area contributed by atoms with E-state index >= 15 is 0 Å². The first kappa shape index (κ1) is 26.3. The third kappa shape index (κ3) is 4.12. The maximum absolute atomic E-state index is 14.3. The number of anilines is 1. The van der Waals surface area contributed by atoms with Gasteiger partial charge in [0.1, 0.15) is 5.75 Å². The van der Waals surface area contributed by atoms with Gasteiger partial charge in [-0.3, -0.25) is 19.7 Å². The number of nitrogens with one attached hydrogen (secondary N) is 1. The van der Waals surface area contributed by atoms with E-state index in [1.807, 2.05) is 32.0 Å². The van der Waals surface area contributed by atoms with Gasteiger partial charge in [-0.15, -0.1) is 0 Å². The number of nitrogens with zero attached hydrogens (tertiary/aromatic N) is 1. The van der Waals surface area contributed by atoms with Gasteiger partial charge in [-0.1, -0.05) is 74.5 Å². The third-order valence-corrected chi connectivity index (χ3v) is 7.82. The van der Waals surface area contributed by atoms with E-state index in [1.54, 1.807) is 54.6 Å². The smallest absolute Gasteiger partial charge is 0.329 e. The second-order valence-electron chi connectivity index (χ2n) is 9.91. The van der Waals surface area contributed by atoms with E-state index in [0.717, 1.165) is 11.1 Å². The van der Waals surface area contributed by atoms with Crippen molar-refractivity contribution in [3.05, 3.63) is 95.1 Å². The minimum Gasteiger partial charge on any atom is -0.480 e. The third-order valence-electron chi connectivity index (χ3n) is 7.82. The van der Waals surface area contributed by atoms with Crippen LogP contribution in [-0.4, -0.2) is 28.9 Å². The fourth-order valence-corrected chi connectivity index (χ4v) is 6.11. The number of ether oxygens (including phenoxy) is 1. The number of imide groups is 1. The normalized spacial score (nSPS) is 24.1. The molecule has 2 fully saturated rings. The second-order valence-corrected chi connectivity index (χ2v) is 9.91. The number of hydrogen-bond donors (Lipinski definition) is 2. The van der Waals surface area contributed by atoms with Crippen LogP contribution in [0.1, 0.15) is 49.1 Å². The summed E-state index contributed by atoms with van der Waals surface area (Å²) in [7, 11) is 0. The zero-order chi connectivity index (χ0) is 27.9. The molecule has 8 nitrogen and oxygen atoms in total. The van der Waals surface area contributed by atoms with Gasteiger partial charge in [0.05, 0.1) is 17.5 Å². The number of esters is 1. The number of benzene rings is 3. The molecule has 0 spiro atoms. The van der Waals surface area contributed by atoms with E-state index in [4.69, 9.17) is 4.74 Å². The molecule has 2 amide bonds. The molecule has 2 heterocycles. The highest BCUT2D eigenvalue weighted by atomic mass is 16.5. The number of amides is 2. The van der Waals surface area contributed by atoms with Gasteiger partial charge in [-0.2, -0.15) is 0 Å². The van der Waals surface area contributed by atoms with Gasteiger partial charge in [0.25, 0.3) is 0 Å². The van der Waals surface area contributed by atoms with Gasteiger partial charge in [0.15, 0.2) is 5.54 Å². The molecule has 0 saturated carbocycles. The molecule has 200 valence electrons. The minimum absolute atomic E-state index is 0.327. The Bertz CT molecular complexity index is 1430. The lowest BCUT2D eigenvalue weighted by Crippen LogP contribution is -2.53. The Kier molecular flexibility index (Phi) is 6.82. The van der Waals surface area contributed by atoms with Crippen LogP contribution in [0.25, 0.3) is 0 Å². The van der Waals surface area contributed by atoms with Crippen molar-refractivity contribution in [2.24, 2.45) is 11.8 Å². The number of aryl methyl sites for hydroxylation is 2. The Morgan fingerprint density at radius 2 is 1.51 bits per heavy atom. The average molecular weight is 527 g/mol. The number of para-hydroxylation sites is 1. The van der Waals surface area contributed by atoms with Gasteiger partial charge in [0, 0.05) is 13.0 Å². The van der Waals surface area contributed by atoms with E-state index in [2.05, 4.69) is 5.32 Å². The van der Waals surface area contributed by atoms with Crippen molar-refractivity contribution in [1.82, 2.24) is 5.32 Å². The van der Waals surface area contributed by atoms with Crippen LogP contribution in [-0.2, 0) is 37.6 Å². The first-order valence-electron chi connectivity index (χ1n) is 13.1. The Morgan fingerprint density at radius 3 is 2.05 bits per heavy atom. The van der Waals surface area contributed by atoms with Crippen LogP contribution in [0.3, 0.4) is 0 Å². The minimum atomic E-state index is -1.83.